The van der Waals surface area contributed by atoms with Gasteiger partial charge < -0.3 is 9.47 Å². The number of alkyl halides is 12. The van der Waals surface area contributed by atoms with E-state index in [4.69, 9.17) is 9.47 Å². The number of hydrogen-bond donors (Lipinski definition) is 0. The van der Waals surface area contributed by atoms with Gasteiger partial charge in [-0.15, -0.1) is 0 Å². The first-order valence-corrected chi connectivity index (χ1v) is 18.1. The maximum Gasteiger partial charge on any atom is 0.416 e. The summed E-state index contributed by atoms with van der Waals surface area (Å²) in [4.78, 5) is 0. The van der Waals surface area contributed by atoms with E-state index in [1.807, 2.05) is 39.8 Å². The van der Waals surface area contributed by atoms with E-state index >= 15 is 0 Å². The zero-order chi connectivity index (χ0) is 40.6. The Labute approximate surface area is 306 Å². The molecule has 0 spiro atoms. The summed E-state index contributed by atoms with van der Waals surface area (Å²) in [5, 5.41) is -1.87. The Morgan fingerprint density at radius 2 is 0.944 bits per heavy atom. The number of ether oxygens (including phenoxy) is 2. The molecule has 0 amide bonds. The van der Waals surface area contributed by atoms with Crippen LogP contribution in [0.25, 0.3) is 11.1 Å². The number of halogens is 12. The van der Waals surface area contributed by atoms with Gasteiger partial charge in [-0.3, -0.25) is 0 Å². The molecule has 0 aliphatic carbocycles. The predicted molar refractivity (Wildman–Crippen MR) is 186 cm³/mol. The van der Waals surface area contributed by atoms with Crippen LogP contribution in [0.2, 0.25) is 0 Å². The number of rotatable bonds is 11. The Morgan fingerprint density at radius 3 is 1.30 bits per heavy atom. The first-order chi connectivity index (χ1) is 25.0. The second-order valence-electron chi connectivity index (χ2n) is 12.9. The molecule has 294 valence electrons. The lowest BCUT2D eigenvalue weighted by molar-refractivity contribution is -0.144. The van der Waals surface area contributed by atoms with Crippen LogP contribution in [0.3, 0.4) is 0 Å². The van der Waals surface area contributed by atoms with Crippen LogP contribution in [-0.4, -0.2) is 14.2 Å². The minimum Gasteiger partial charge on any atom is -0.496 e. The van der Waals surface area contributed by atoms with Crippen molar-refractivity contribution in [2.24, 2.45) is 0 Å². The molecule has 4 rings (SSSR count). The van der Waals surface area contributed by atoms with Crippen LogP contribution in [0, 0.1) is 0 Å². The molecule has 0 atom stereocenters. The third-order valence-corrected chi connectivity index (χ3v) is 11.1. The molecule has 0 radical (unpaired) electrons. The molecule has 0 heterocycles. The van der Waals surface area contributed by atoms with E-state index in [9.17, 15) is 52.7 Å². The third kappa shape index (κ3) is 9.29. The second kappa shape index (κ2) is 16.0. The molecule has 0 aliphatic rings. The first-order valence-electron chi connectivity index (χ1n) is 16.8. The van der Waals surface area contributed by atoms with Gasteiger partial charge in [0.25, 0.3) is 0 Å². The van der Waals surface area contributed by atoms with Crippen LogP contribution < -0.4 is 25.4 Å². The fourth-order valence-corrected chi connectivity index (χ4v) is 9.07. The molecule has 4 aromatic carbocycles. The molecule has 2 nitrogen and oxygen atoms in total. The highest BCUT2D eigenvalue weighted by molar-refractivity contribution is 7.80. The van der Waals surface area contributed by atoms with Crippen LogP contribution >= 0.6 is 7.92 Å². The number of hydrogen-bond acceptors (Lipinski definition) is 2. The highest BCUT2D eigenvalue weighted by Gasteiger charge is 2.42. The standard InChI is InChI=1S/C39H37F12O2P/c1-7-9-22-13-23(10-8-2)33(30(14-22)21(3)4)34-31(52-5)11-12-32(53-6)35(34)54(28-17-24(36(40,41)42)15-25(18-28)37(43,44)45)29-19-26(38(46,47)48)16-27(20-29)39(49,50)51/h11-21H,7-10H2,1-6H3. The molecular weight excluding hydrogens is 759 g/mol. The second-order valence-corrected chi connectivity index (χ2v) is 15.1. The van der Waals surface area contributed by atoms with Crippen molar-refractivity contribution in [1.29, 1.82) is 0 Å². The van der Waals surface area contributed by atoms with Gasteiger partial charge in [0.2, 0.25) is 0 Å². The van der Waals surface area contributed by atoms with Gasteiger partial charge in [0.15, 0.2) is 0 Å². The van der Waals surface area contributed by atoms with E-state index in [0.717, 1.165) is 19.1 Å². The average Bonchev–Trinajstić information content (AvgIpc) is 3.06. The quantitative estimate of drug-likeness (QED) is 0.111. The van der Waals surface area contributed by atoms with E-state index in [1.54, 1.807) is 0 Å². The van der Waals surface area contributed by atoms with Crippen molar-refractivity contribution >= 4 is 23.8 Å². The lowest BCUT2D eigenvalue weighted by atomic mass is 9.84. The van der Waals surface area contributed by atoms with E-state index < -0.39 is 65.5 Å². The van der Waals surface area contributed by atoms with Crippen molar-refractivity contribution in [2.45, 2.75) is 84.0 Å². The summed E-state index contributed by atoms with van der Waals surface area (Å²) in [5.74, 6) is -0.450. The van der Waals surface area contributed by atoms with Crippen LogP contribution in [0.5, 0.6) is 11.5 Å². The van der Waals surface area contributed by atoms with Crippen molar-refractivity contribution < 1.29 is 62.2 Å². The van der Waals surface area contributed by atoms with Gasteiger partial charge in [0.1, 0.15) is 11.5 Å². The summed E-state index contributed by atoms with van der Waals surface area (Å²) >= 11 is 0. The van der Waals surface area contributed by atoms with Crippen LogP contribution in [0.4, 0.5) is 52.7 Å². The normalized spacial score (nSPS) is 12.9. The topological polar surface area (TPSA) is 18.5 Å². The molecule has 0 unspecified atom stereocenters. The lowest BCUT2D eigenvalue weighted by Crippen LogP contribution is -2.28. The van der Waals surface area contributed by atoms with Gasteiger partial charge in [0, 0.05) is 10.9 Å². The maximum absolute atomic E-state index is 14.3. The summed E-state index contributed by atoms with van der Waals surface area (Å²) in [6, 6.07) is 7.50. The third-order valence-electron chi connectivity index (χ3n) is 8.67. The minimum absolute atomic E-state index is 0.0202. The highest BCUT2D eigenvalue weighted by atomic mass is 31.1. The molecule has 15 heteroatoms. The molecule has 54 heavy (non-hydrogen) atoms. The Balaban J connectivity index is 2.39. The Kier molecular flexibility index (Phi) is 12.7. The molecular formula is C39H37F12O2P. The monoisotopic (exact) mass is 796 g/mol. The predicted octanol–water partition coefficient (Wildman–Crippen LogP) is 12.2. The van der Waals surface area contributed by atoms with E-state index in [1.165, 1.54) is 19.2 Å². The average molecular weight is 797 g/mol. The summed E-state index contributed by atoms with van der Waals surface area (Å²) in [5.41, 5.74) is -4.41. The summed E-state index contributed by atoms with van der Waals surface area (Å²) in [7, 11) is -0.791. The van der Waals surface area contributed by atoms with Crippen LogP contribution in [0.15, 0.2) is 60.7 Å². The van der Waals surface area contributed by atoms with E-state index in [2.05, 4.69) is 0 Å². The van der Waals surface area contributed by atoms with Gasteiger partial charge in [-0.25, -0.2) is 0 Å². The van der Waals surface area contributed by atoms with Gasteiger partial charge >= 0.3 is 24.7 Å². The lowest BCUT2D eigenvalue weighted by Gasteiger charge is -2.30. The largest absolute Gasteiger partial charge is 0.496 e. The molecule has 0 saturated carbocycles. The fourth-order valence-electron chi connectivity index (χ4n) is 6.35. The molecule has 0 saturated heterocycles. The Morgan fingerprint density at radius 1 is 0.537 bits per heavy atom. The fraction of sp³-hybridized carbons (Fsp3) is 0.385. The van der Waals surface area contributed by atoms with Gasteiger partial charge in [-0.1, -0.05) is 52.7 Å². The van der Waals surface area contributed by atoms with Crippen molar-refractivity contribution in [3.8, 4) is 22.6 Å². The minimum atomic E-state index is -5.39. The van der Waals surface area contributed by atoms with Crippen molar-refractivity contribution in [3.63, 3.8) is 0 Å². The van der Waals surface area contributed by atoms with Crippen LogP contribution in [-0.2, 0) is 37.5 Å². The summed E-state index contributed by atoms with van der Waals surface area (Å²) < 4.78 is 183. The molecule has 0 bridgehead atoms. The van der Waals surface area contributed by atoms with Crippen molar-refractivity contribution in [2.75, 3.05) is 14.2 Å². The van der Waals surface area contributed by atoms with Gasteiger partial charge in [-0.05, 0) is 108 Å². The zero-order valence-electron chi connectivity index (χ0n) is 30.0. The number of benzene rings is 4. The van der Waals surface area contributed by atoms with Crippen LogP contribution in [0.1, 0.15) is 85.4 Å². The Bertz CT molecular complexity index is 1820. The smallest absolute Gasteiger partial charge is 0.416 e. The van der Waals surface area contributed by atoms with Gasteiger partial charge in [-0.2, -0.15) is 52.7 Å². The van der Waals surface area contributed by atoms with Crippen molar-refractivity contribution in [3.05, 3.63) is 99.6 Å². The molecule has 0 N–H and O–H groups in total. The number of aryl methyl sites for hydroxylation is 2. The first kappa shape index (κ1) is 42.8. The highest BCUT2D eigenvalue weighted by Crippen LogP contribution is 2.50. The SMILES string of the molecule is CCCc1cc(CCC)c(-c2c(OC)ccc(OC)c2P(c2cc(C(F)(F)F)cc(C(F)(F)F)c2)c2cc(C(F)(F)F)cc(C(F)(F)F)c2)c(C(C)C)c1. The van der Waals surface area contributed by atoms with Gasteiger partial charge in [0.05, 0.1) is 36.5 Å². The maximum atomic E-state index is 14.3. The molecule has 4 aromatic rings. The zero-order valence-corrected chi connectivity index (χ0v) is 30.9. The van der Waals surface area contributed by atoms with E-state index in [0.29, 0.717) is 60.2 Å². The Hall–Kier alpha value is -3.93. The van der Waals surface area contributed by atoms with E-state index in [-0.39, 0.29) is 40.4 Å². The molecule has 0 aromatic heterocycles. The molecule has 0 aliphatic heterocycles. The molecule has 0 fully saturated rings. The summed E-state index contributed by atoms with van der Waals surface area (Å²) in [6.45, 7) is 7.55. The summed E-state index contributed by atoms with van der Waals surface area (Å²) in [6.07, 6.45) is -19.2. The van der Waals surface area contributed by atoms with Crippen molar-refractivity contribution in [1.82, 2.24) is 0 Å². The number of methoxy groups -OCH3 is 2.